The number of pyridine rings is 2. The summed E-state index contributed by atoms with van der Waals surface area (Å²) in [5.41, 5.74) is 1.29. The molecule has 0 fully saturated rings. The number of amides is 1. The van der Waals surface area contributed by atoms with Gasteiger partial charge in [0.25, 0.3) is 5.91 Å². The van der Waals surface area contributed by atoms with Crippen molar-refractivity contribution in [3.05, 3.63) is 38.7 Å². The Hall–Kier alpha value is -1.41. The highest BCUT2D eigenvalue weighted by Crippen LogP contribution is 2.38. The van der Waals surface area contributed by atoms with E-state index in [4.69, 9.17) is 11.6 Å². The predicted molar refractivity (Wildman–Crippen MR) is 91.6 cm³/mol. The Morgan fingerprint density at radius 3 is 2.81 bits per heavy atom. The highest BCUT2D eigenvalue weighted by Gasteiger charge is 2.30. The zero-order valence-electron chi connectivity index (χ0n) is 11.5. The minimum Gasteiger partial charge on any atom is -0.309 e. The first-order valence-electron chi connectivity index (χ1n) is 6.40. The first-order valence-corrected chi connectivity index (χ1v) is 7.86. The number of halogens is 2. The smallest absolute Gasteiger partial charge is 0.261 e. The van der Waals surface area contributed by atoms with Crippen LogP contribution in [-0.2, 0) is 0 Å². The van der Waals surface area contributed by atoms with Crippen molar-refractivity contribution in [3.8, 4) is 0 Å². The van der Waals surface area contributed by atoms with Crippen molar-refractivity contribution in [3.63, 3.8) is 0 Å². The molecule has 1 aliphatic heterocycles. The van der Waals surface area contributed by atoms with Gasteiger partial charge in [0.05, 0.1) is 11.3 Å². The molecule has 3 heterocycles. The highest BCUT2D eigenvalue weighted by atomic mass is 127. The van der Waals surface area contributed by atoms with Crippen molar-refractivity contribution < 1.29 is 4.79 Å². The Morgan fingerprint density at radius 1 is 1.33 bits per heavy atom. The number of hydrogen-bond acceptors (Lipinski definition) is 4. The minimum atomic E-state index is -0.0997. The molecule has 2 aromatic heterocycles. The average molecular weight is 415 g/mol. The molecular formula is C14H12ClIN4O. The minimum absolute atomic E-state index is 0.0997. The largest absolute Gasteiger partial charge is 0.309 e. The van der Waals surface area contributed by atoms with Crippen molar-refractivity contribution in [2.75, 3.05) is 23.4 Å². The number of anilines is 3. The molecule has 0 saturated heterocycles. The van der Waals surface area contributed by atoms with E-state index in [1.807, 2.05) is 24.0 Å². The number of nitrogens with zero attached hydrogens (tertiary/aromatic N) is 4. The molecule has 7 heteroatoms. The SMILES string of the molecule is CCN1c2ncc(I)cc2C(=O)N(C)c2ccc(Cl)nc21. The third-order valence-corrected chi connectivity index (χ3v) is 4.18. The summed E-state index contributed by atoms with van der Waals surface area (Å²) in [4.78, 5) is 25.0. The molecule has 5 nitrogen and oxygen atoms in total. The van der Waals surface area contributed by atoms with Gasteiger partial charge in [-0.2, -0.15) is 0 Å². The van der Waals surface area contributed by atoms with Crippen molar-refractivity contribution >= 4 is 57.4 Å². The van der Waals surface area contributed by atoms with Crippen LogP contribution in [0.25, 0.3) is 0 Å². The van der Waals surface area contributed by atoms with Crippen LogP contribution >= 0.6 is 34.2 Å². The summed E-state index contributed by atoms with van der Waals surface area (Å²) in [7, 11) is 1.74. The quantitative estimate of drug-likeness (QED) is 0.529. The van der Waals surface area contributed by atoms with Gasteiger partial charge < -0.3 is 9.80 Å². The Bertz CT molecular complexity index is 737. The topological polar surface area (TPSA) is 49.3 Å². The Balaban J connectivity index is 2.32. The van der Waals surface area contributed by atoms with Gasteiger partial charge in [0.2, 0.25) is 0 Å². The summed E-state index contributed by atoms with van der Waals surface area (Å²) < 4.78 is 0.918. The molecule has 1 aliphatic rings. The Labute approximate surface area is 141 Å². The molecule has 0 spiro atoms. The van der Waals surface area contributed by atoms with E-state index in [1.165, 1.54) is 0 Å². The maximum atomic E-state index is 12.7. The van der Waals surface area contributed by atoms with Crippen LogP contribution < -0.4 is 9.80 Å². The standard InChI is InChI=1S/C14H12ClIN4O/c1-3-20-12-9(6-8(16)7-17-12)14(21)19(2)10-4-5-11(15)18-13(10)20/h4-7H,3H2,1-2H3. The van der Waals surface area contributed by atoms with E-state index in [0.717, 1.165) is 9.26 Å². The van der Waals surface area contributed by atoms with E-state index in [-0.39, 0.29) is 5.91 Å². The molecule has 0 saturated carbocycles. The summed E-state index contributed by atoms with van der Waals surface area (Å²) in [5.74, 6) is 1.16. The average Bonchev–Trinajstić information content (AvgIpc) is 2.55. The fourth-order valence-electron chi connectivity index (χ4n) is 2.37. The molecule has 0 aliphatic carbocycles. The fourth-order valence-corrected chi connectivity index (χ4v) is 2.97. The number of rotatable bonds is 1. The van der Waals surface area contributed by atoms with Crippen molar-refractivity contribution in [2.45, 2.75) is 6.92 Å². The number of carbonyl (C=O) groups excluding carboxylic acids is 1. The second-order valence-electron chi connectivity index (χ2n) is 4.61. The summed E-state index contributed by atoms with van der Waals surface area (Å²) in [6, 6.07) is 5.34. The molecule has 0 aromatic carbocycles. The molecular weight excluding hydrogens is 403 g/mol. The van der Waals surface area contributed by atoms with E-state index in [2.05, 4.69) is 32.6 Å². The summed E-state index contributed by atoms with van der Waals surface area (Å²) in [6.45, 7) is 2.63. The predicted octanol–water partition coefficient (Wildman–Crippen LogP) is 3.48. The van der Waals surface area contributed by atoms with Gasteiger partial charge in [0, 0.05) is 23.4 Å². The number of fused-ring (bicyclic) bond motifs is 2. The highest BCUT2D eigenvalue weighted by molar-refractivity contribution is 14.1. The third-order valence-electron chi connectivity index (χ3n) is 3.38. The lowest BCUT2D eigenvalue weighted by molar-refractivity contribution is 0.0994. The molecule has 108 valence electrons. The molecule has 0 bridgehead atoms. The first-order chi connectivity index (χ1) is 10.0. The van der Waals surface area contributed by atoms with Crippen LogP contribution in [0, 0.1) is 3.57 Å². The monoisotopic (exact) mass is 414 g/mol. The maximum Gasteiger partial charge on any atom is 0.261 e. The van der Waals surface area contributed by atoms with Crippen LogP contribution in [-0.4, -0.2) is 29.5 Å². The van der Waals surface area contributed by atoms with Crippen LogP contribution in [0.2, 0.25) is 5.15 Å². The molecule has 3 rings (SSSR count). The Morgan fingerprint density at radius 2 is 2.10 bits per heavy atom. The van der Waals surface area contributed by atoms with Gasteiger partial charge in [0.15, 0.2) is 5.82 Å². The summed E-state index contributed by atoms with van der Waals surface area (Å²) >= 11 is 8.18. The van der Waals surface area contributed by atoms with Crippen LogP contribution in [0.15, 0.2) is 24.4 Å². The van der Waals surface area contributed by atoms with E-state index in [9.17, 15) is 4.79 Å². The zero-order valence-corrected chi connectivity index (χ0v) is 14.4. The van der Waals surface area contributed by atoms with Crippen molar-refractivity contribution in [2.24, 2.45) is 0 Å². The normalized spacial score (nSPS) is 13.8. The molecule has 0 unspecified atom stereocenters. The van der Waals surface area contributed by atoms with Gasteiger partial charge in [0.1, 0.15) is 11.0 Å². The molecule has 0 N–H and O–H groups in total. The molecule has 21 heavy (non-hydrogen) atoms. The molecule has 0 radical (unpaired) electrons. The van der Waals surface area contributed by atoms with E-state index < -0.39 is 0 Å². The van der Waals surface area contributed by atoms with Crippen molar-refractivity contribution in [1.29, 1.82) is 0 Å². The molecule has 2 aromatic rings. The summed E-state index contributed by atoms with van der Waals surface area (Å²) in [5, 5.41) is 0.391. The van der Waals surface area contributed by atoms with Crippen molar-refractivity contribution in [1.82, 2.24) is 9.97 Å². The van der Waals surface area contributed by atoms with Crippen LogP contribution in [0.1, 0.15) is 17.3 Å². The van der Waals surface area contributed by atoms with Gasteiger partial charge in [-0.05, 0) is 47.7 Å². The number of carbonyl (C=O) groups is 1. The maximum absolute atomic E-state index is 12.7. The van der Waals surface area contributed by atoms with Gasteiger partial charge in [-0.3, -0.25) is 4.79 Å². The number of aromatic nitrogens is 2. The summed E-state index contributed by atoms with van der Waals surface area (Å²) in [6.07, 6.45) is 1.74. The number of hydrogen-bond donors (Lipinski definition) is 0. The Kier molecular flexibility index (Phi) is 3.75. The third kappa shape index (κ3) is 2.36. The van der Waals surface area contributed by atoms with Crippen LogP contribution in [0.3, 0.4) is 0 Å². The van der Waals surface area contributed by atoms with Gasteiger partial charge in [-0.1, -0.05) is 11.6 Å². The van der Waals surface area contributed by atoms with Crippen LogP contribution in [0.4, 0.5) is 17.3 Å². The fraction of sp³-hybridized carbons (Fsp3) is 0.214. The van der Waals surface area contributed by atoms with Gasteiger partial charge in [-0.15, -0.1) is 0 Å². The van der Waals surface area contributed by atoms with E-state index in [0.29, 0.717) is 28.9 Å². The second kappa shape index (κ2) is 5.42. The zero-order chi connectivity index (χ0) is 15.1. The molecule has 1 amide bonds. The van der Waals surface area contributed by atoms with Crippen LogP contribution in [0.5, 0.6) is 0 Å². The lowest BCUT2D eigenvalue weighted by atomic mass is 10.2. The second-order valence-corrected chi connectivity index (χ2v) is 6.24. The van der Waals surface area contributed by atoms with Gasteiger partial charge >= 0.3 is 0 Å². The molecule has 0 atom stereocenters. The lowest BCUT2D eigenvalue weighted by Crippen LogP contribution is -2.25. The first kappa shape index (κ1) is 14.5. The van der Waals surface area contributed by atoms with E-state index in [1.54, 1.807) is 24.2 Å². The van der Waals surface area contributed by atoms with E-state index >= 15 is 0 Å². The van der Waals surface area contributed by atoms with Gasteiger partial charge in [-0.25, -0.2) is 9.97 Å². The lowest BCUT2D eigenvalue weighted by Gasteiger charge is -2.22.